The summed E-state index contributed by atoms with van der Waals surface area (Å²) < 4.78 is 13.6. The lowest BCUT2D eigenvalue weighted by molar-refractivity contribution is 0.0692. The van der Waals surface area contributed by atoms with Crippen molar-refractivity contribution in [2.75, 3.05) is 5.32 Å². The highest BCUT2D eigenvalue weighted by Crippen LogP contribution is 2.20. The van der Waals surface area contributed by atoms with Crippen LogP contribution >= 0.6 is 0 Å². The van der Waals surface area contributed by atoms with Gasteiger partial charge in [-0.2, -0.15) is 0 Å². The van der Waals surface area contributed by atoms with Gasteiger partial charge in [0.2, 0.25) is 0 Å². The number of aromatic carboxylic acids is 1. The second-order valence-electron chi connectivity index (χ2n) is 4.51. The summed E-state index contributed by atoms with van der Waals surface area (Å²) in [7, 11) is 0. The molecule has 0 atom stereocenters. The van der Waals surface area contributed by atoms with Gasteiger partial charge < -0.3 is 10.4 Å². The third kappa shape index (κ3) is 2.67. The van der Waals surface area contributed by atoms with E-state index >= 15 is 0 Å². The molecule has 1 aromatic heterocycles. The fourth-order valence-electron chi connectivity index (χ4n) is 2.05. The number of carboxylic acid groups (broad SMARTS) is 1. The maximum absolute atomic E-state index is 13.6. The van der Waals surface area contributed by atoms with E-state index in [4.69, 9.17) is 5.11 Å². The molecular weight excluding hydrogens is 271 g/mol. The Hall–Kier alpha value is -2.95. The van der Waals surface area contributed by atoms with Crippen molar-refractivity contribution in [1.29, 1.82) is 0 Å². The number of rotatable bonds is 3. The molecule has 4 nitrogen and oxygen atoms in total. The third-order valence-corrected chi connectivity index (χ3v) is 3.07. The van der Waals surface area contributed by atoms with Gasteiger partial charge in [0.1, 0.15) is 11.6 Å². The summed E-state index contributed by atoms with van der Waals surface area (Å²) in [6, 6.07) is 15.2. The highest BCUT2D eigenvalue weighted by atomic mass is 19.1. The molecule has 0 amide bonds. The molecule has 5 heteroatoms. The van der Waals surface area contributed by atoms with Crippen LogP contribution in [0.25, 0.3) is 10.9 Å². The van der Waals surface area contributed by atoms with Crippen molar-refractivity contribution in [2.45, 2.75) is 0 Å². The Bertz CT molecular complexity index is 833. The molecule has 0 unspecified atom stereocenters. The molecular formula is C16H11FN2O2. The number of para-hydroxylation sites is 1. The number of carbonyl (C=O) groups is 1. The van der Waals surface area contributed by atoms with Gasteiger partial charge in [0.25, 0.3) is 0 Å². The molecule has 0 aliphatic carbocycles. The van der Waals surface area contributed by atoms with Crippen molar-refractivity contribution >= 4 is 28.4 Å². The first-order chi connectivity index (χ1) is 10.1. The first kappa shape index (κ1) is 13.1. The number of benzene rings is 2. The Morgan fingerprint density at radius 2 is 1.90 bits per heavy atom. The largest absolute Gasteiger partial charge is 0.478 e. The molecule has 3 aromatic rings. The first-order valence-corrected chi connectivity index (χ1v) is 6.29. The van der Waals surface area contributed by atoms with Crippen molar-refractivity contribution in [1.82, 2.24) is 4.98 Å². The van der Waals surface area contributed by atoms with Crippen LogP contribution < -0.4 is 5.32 Å². The van der Waals surface area contributed by atoms with Crippen LogP contribution in [-0.2, 0) is 0 Å². The zero-order valence-corrected chi connectivity index (χ0v) is 10.9. The van der Waals surface area contributed by atoms with Gasteiger partial charge in [0, 0.05) is 11.1 Å². The molecule has 2 N–H and O–H groups in total. The molecule has 1 heterocycles. The van der Waals surface area contributed by atoms with Gasteiger partial charge in [-0.3, -0.25) is 0 Å². The van der Waals surface area contributed by atoms with E-state index in [1.165, 1.54) is 12.1 Å². The molecule has 0 saturated carbocycles. The number of hydrogen-bond acceptors (Lipinski definition) is 3. The van der Waals surface area contributed by atoms with Crippen LogP contribution in [0.2, 0.25) is 0 Å². The van der Waals surface area contributed by atoms with E-state index in [0.717, 1.165) is 17.0 Å². The second kappa shape index (κ2) is 5.20. The van der Waals surface area contributed by atoms with Crippen molar-refractivity contribution in [3.8, 4) is 0 Å². The lowest BCUT2D eigenvalue weighted by atomic mass is 10.2. The van der Waals surface area contributed by atoms with Gasteiger partial charge in [0.05, 0.1) is 11.1 Å². The maximum atomic E-state index is 13.6. The van der Waals surface area contributed by atoms with Gasteiger partial charge >= 0.3 is 5.97 Å². The Morgan fingerprint density at radius 3 is 2.67 bits per heavy atom. The summed E-state index contributed by atoms with van der Waals surface area (Å²) in [6.45, 7) is 0. The van der Waals surface area contributed by atoms with E-state index < -0.39 is 11.8 Å². The maximum Gasteiger partial charge on any atom is 0.338 e. The zero-order chi connectivity index (χ0) is 14.8. The van der Waals surface area contributed by atoms with E-state index in [1.54, 1.807) is 6.07 Å². The van der Waals surface area contributed by atoms with E-state index in [9.17, 15) is 9.18 Å². The van der Waals surface area contributed by atoms with Gasteiger partial charge in [-0.25, -0.2) is 14.2 Å². The lowest BCUT2D eigenvalue weighted by Crippen LogP contribution is -2.01. The number of fused-ring (bicyclic) bond motifs is 1. The highest BCUT2D eigenvalue weighted by Gasteiger charge is 2.10. The molecule has 21 heavy (non-hydrogen) atoms. The van der Waals surface area contributed by atoms with E-state index in [0.29, 0.717) is 11.5 Å². The fourth-order valence-corrected chi connectivity index (χ4v) is 2.05. The fraction of sp³-hybridized carbons (Fsp3) is 0. The van der Waals surface area contributed by atoms with Crippen molar-refractivity contribution < 1.29 is 14.3 Å². The summed E-state index contributed by atoms with van der Waals surface area (Å²) >= 11 is 0. The molecule has 0 aliphatic rings. The van der Waals surface area contributed by atoms with Crippen LogP contribution in [0.1, 0.15) is 10.4 Å². The standard InChI is InChI=1S/C16H11FN2O2/c17-13-9-11(6-7-12(13)16(20)21)18-15-8-5-10-3-1-2-4-14(10)19-15/h1-9H,(H,18,19)(H,20,21). The SMILES string of the molecule is O=C(O)c1ccc(Nc2ccc3ccccc3n2)cc1F. The van der Waals surface area contributed by atoms with Crippen LogP contribution in [0.5, 0.6) is 0 Å². The van der Waals surface area contributed by atoms with Crippen LogP contribution in [0, 0.1) is 5.82 Å². The van der Waals surface area contributed by atoms with Gasteiger partial charge in [-0.05, 0) is 36.4 Å². The van der Waals surface area contributed by atoms with Crippen LogP contribution in [0.4, 0.5) is 15.9 Å². The Morgan fingerprint density at radius 1 is 1.10 bits per heavy atom. The zero-order valence-electron chi connectivity index (χ0n) is 10.9. The predicted octanol–water partition coefficient (Wildman–Crippen LogP) is 3.82. The molecule has 2 aromatic carbocycles. The Labute approximate surface area is 119 Å². The van der Waals surface area contributed by atoms with E-state index in [1.807, 2.05) is 30.3 Å². The molecule has 0 radical (unpaired) electrons. The minimum absolute atomic E-state index is 0.355. The van der Waals surface area contributed by atoms with Crippen LogP contribution in [0.15, 0.2) is 54.6 Å². The van der Waals surface area contributed by atoms with Crippen molar-refractivity contribution in [2.24, 2.45) is 0 Å². The average molecular weight is 282 g/mol. The summed E-state index contributed by atoms with van der Waals surface area (Å²) in [5.41, 5.74) is 0.914. The molecule has 0 saturated heterocycles. The number of nitrogens with one attached hydrogen (secondary N) is 1. The quantitative estimate of drug-likeness (QED) is 0.766. The topological polar surface area (TPSA) is 62.2 Å². The van der Waals surface area contributed by atoms with Crippen molar-refractivity contribution in [3.63, 3.8) is 0 Å². The molecule has 0 fully saturated rings. The summed E-state index contributed by atoms with van der Waals surface area (Å²) in [5.74, 6) is -1.51. The van der Waals surface area contributed by atoms with Gasteiger partial charge in [-0.1, -0.05) is 18.2 Å². The molecule has 3 rings (SSSR count). The van der Waals surface area contributed by atoms with Gasteiger partial charge in [-0.15, -0.1) is 0 Å². The number of pyridine rings is 1. The normalized spacial score (nSPS) is 10.5. The van der Waals surface area contributed by atoms with E-state index in [2.05, 4.69) is 10.3 Å². The number of aromatic nitrogens is 1. The Kier molecular flexibility index (Phi) is 3.23. The second-order valence-corrected chi connectivity index (χ2v) is 4.51. The smallest absolute Gasteiger partial charge is 0.338 e. The minimum atomic E-state index is -1.29. The predicted molar refractivity (Wildman–Crippen MR) is 78.4 cm³/mol. The van der Waals surface area contributed by atoms with Crippen molar-refractivity contribution in [3.05, 3.63) is 66.0 Å². The monoisotopic (exact) mass is 282 g/mol. The molecule has 0 spiro atoms. The number of nitrogens with zero attached hydrogens (tertiary/aromatic N) is 1. The van der Waals surface area contributed by atoms with Crippen LogP contribution in [-0.4, -0.2) is 16.1 Å². The Balaban J connectivity index is 1.91. The average Bonchev–Trinajstić information content (AvgIpc) is 2.47. The number of carboxylic acids is 1. The summed E-state index contributed by atoms with van der Waals surface area (Å²) in [4.78, 5) is 15.2. The molecule has 0 aliphatic heterocycles. The highest BCUT2D eigenvalue weighted by molar-refractivity contribution is 5.88. The van der Waals surface area contributed by atoms with E-state index in [-0.39, 0.29) is 5.56 Å². The number of hydrogen-bond donors (Lipinski definition) is 2. The first-order valence-electron chi connectivity index (χ1n) is 6.29. The molecule has 104 valence electrons. The lowest BCUT2D eigenvalue weighted by Gasteiger charge is -2.07. The summed E-state index contributed by atoms with van der Waals surface area (Å²) in [5, 5.41) is 12.8. The summed E-state index contributed by atoms with van der Waals surface area (Å²) in [6.07, 6.45) is 0. The third-order valence-electron chi connectivity index (χ3n) is 3.07. The number of anilines is 2. The van der Waals surface area contributed by atoms with Gasteiger partial charge in [0.15, 0.2) is 0 Å². The van der Waals surface area contributed by atoms with Crippen LogP contribution in [0.3, 0.4) is 0 Å². The molecule has 0 bridgehead atoms. The number of halogens is 1. The minimum Gasteiger partial charge on any atom is -0.478 e.